The second-order valence-electron chi connectivity index (χ2n) is 6.01. The van der Waals surface area contributed by atoms with Crippen molar-refractivity contribution in [2.24, 2.45) is 11.8 Å². The van der Waals surface area contributed by atoms with Crippen LogP contribution in [0.15, 0.2) is 17.5 Å². The first-order valence-corrected chi connectivity index (χ1v) is 8.12. The summed E-state index contributed by atoms with van der Waals surface area (Å²) in [5, 5.41) is 5.49. The van der Waals surface area contributed by atoms with E-state index in [1.54, 1.807) is 11.3 Å². The van der Waals surface area contributed by atoms with E-state index in [1.165, 1.54) is 4.88 Å². The van der Waals surface area contributed by atoms with Gasteiger partial charge in [-0.05, 0) is 36.6 Å². The van der Waals surface area contributed by atoms with Crippen LogP contribution in [0.1, 0.15) is 50.4 Å². The highest BCUT2D eigenvalue weighted by Crippen LogP contribution is 2.38. The zero-order valence-corrected chi connectivity index (χ0v) is 12.7. The first-order chi connectivity index (χ1) is 9.38. The molecular formula is C15H22F3NS. The Morgan fingerprint density at radius 1 is 1.30 bits per heavy atom. The summed E-state index contributed by atoms with van der Waals surface area (Å²) in [4.78, 5) is 1.22. The largest absolute Gasteiger partial charge is 0.391 e. The fraction of sp³-hybridized carbons (Fsp3) is 0.733. The van der Waals surface area contributed by atoms with Crippen LogP contribution in [-0.2, 0) is 0 Å². The van der Waals surface area contributed by atoms with E-state index in [0.717, 1.165) is 6.42 Å². The molecule has 0 spiro atoms. The van der Waals surface area contributed by atoms with Crippen molar-refractivity contribution in [2.75, 3.05) is 0 Å². The molecule has 0 aliphatic heterocycles. The average Bonchev–Trinajstić information content (AvgIpc) is 2.88. The molecule has 0 bridgehead atoms. The number of thiophene rings is 1. The lowest BCUT2D eigenvalue weighted by atomic mass is 9.84. The van der Waals surface area contributed by atoms with E-state index in [9.17, 15) is 13.2 Å². The molecule has 0 radical (unpaired) electrons. The summed E-state index contributed by atoms with van der Waals surface area (Å²) in [7, 11) is 0. The van der Waals surface area contributed by atoms with E-state index >= 15 is 0 Å². The molecule has 1 aromatic heterocycles. The molecule has 0 aromatic carbocycles. The van der Waals surface area contributed by atoms with Crippen molar-refractivity contribution in [1.82, 2.24) is 5.32 Å². The highest BCUT2D eigenvalue weighted by Gasteiger charge is 2.42. The van der Waals surface area contributed by atoms with E-state index in [4.69, 9.17) is 0 Å². The standard InChI is InChI=1S/C15H22F3NS/c1-10(2)14(13-7-4-8-20-13)19-12-6-3-5-11(9-12)15(16,17)18/h4,7-8,10-12,14,19H,3,5-6,9H2,1-2H3. The monoisotopic (exact) mass is 305 g/mol. The third kappa shape index (κ3) is 3.98. The number of halogens is 3. The first kappa shape index (κ1) is 15.8. The molecule has 5 heteroatoms. The van der Waals surface area contributed by atoms with Crippen LogP contribution in [0.3, 0.4) is 0 Å². The molecular weight excluding hydrogens is 283 g/mol. The van der Waals surface area contributed by atoms with Crippen LogP contribution < -0.4 is 5.32 Å². The van der Waals surface area contributed by atoms with Gasteiger partial charge >= 0.3 is 6.18 Å². The summed E-state index contributed by atoms with van der Waals surface area (Å²) in [6.07, 6.45) is -2.03. The van der Waals surface area contributed by atoms with Gasteiger partial charge in [0.25, 0.3) is 0 Å². The third-order valence-electron chi connectivity index (χ3n) is 4.07. The normalized spacial score (nSPS) is 25.9. The quantitative estimate of drug-likeness (QED) is 0.810. The first-order valence-electron chi connectivity index (χ1n) is 7.24. The van der Waals surface area contributed by atoms with Gasteiger partial charge in [0.2, 0.25) is 0 Å². The highest BCUT2D eigenvalue weighted by molar-refractivity contribution is 7.10. The van der Waals surface area contributed by atoms with Crippen LogP contribution in [0.25, 0.3) is 0 Å². The predicted octanol–water partition coefficient (Wildman–Crippen LogP) is 5.16. The van der Waals surface area contributed by atoms with Gasteiger partial charge in [-0.25, -0.2) is 0 Å². The molecule has 114 valence electrons. The van der Waals surface area contributed by atoms with Crippen molar-refractivity contribution in [3.05, 3.63) is 22.4 Å². The summed E-state index contributed by atoms with van der Waals surface area (Å²) < 4.78 is 38.6. The lowest BCUT2D eigenvalue weighted by molar-refractivity contribution is -0.184. The second-order valence-corrected chi connectivity index (χ2v) is 6.99. The zero-order valence-electron chi connectivity index (χ0n) is 11.9. The smallest absolute Gasteiger partial charge is 0.306 e. The Morgan fingerprint density at radius 2 is 2.05 bits per heavy atom. The molecule has 0 amide bonds. The van der Waals surface area contributed by atoms with Gasteiger partial charge in [0.1, 0.15) is 0 Å². The molecule has 1 aliphatic carbocycles. The van der Waals surface area contributed by atoms with E-state index in [0.29, 0.717) is 12.3 Å². The maximum Gasteiger partial charge on any atom is 0.391 e. The maximum atomic E-state index is 12.9. The van der Waals surface area contributed by atoms with Crippen molar-refractivity contribution in [2.45, 2.75) is 57.8 Å². The number of hydrogen-bond acceptors (Lipinski definition) is 2. The van der Waals surface area contributed by atoms with Gasteiger partial charge in [-0.2, -0.15) is 13.2 Å². The Labute approximate surface area is 122 Å². The topological polar surface area (TPSA) is 12.0 Å². The van der Waals surface area contributed by atoms with Crippen molar-refractivity contribution in [3.63, 3.8) is 0 Å². The van der Waals surface area contributed by atoms with Gasteiger partial charge in [0.15, 0.2) is 0 Å². The summed E-state index contributed by atoms with van der Waals surface area (Å²) in [6.45, 7) is 4.23. The lowest BCUT2D eigenvalue weighted by Gasteiger charge is -2.34. The molecule has 0 saturated heterocycles. The number of alkyl halides is 3. The van der Waals surface area contributed by atoms with Crippen molar-refractivity contribution < 1.29 is 13.2 Å². The van der Waals surface area contributed by atoms with Crippen LogP contribution >= 0.6 is 11.3 Å². The minimum Gasteiger partial charge on any atom is -0.306 e. The molecule has 1 saturated carbocycles. The van der Waals surface area contributed by atoms with Crippen molar-refractivity contribution in [3.8, 4) is 0 Å². The van der Waals surface area contributed by atoms with Gasteiger partial charge in [0.05, 0.1) is 5.92 Å². The Hall–Kier alpha value is -0.550. The van der Waals surface area contributed by atoms with Crippen LogP contribution in [0.2, 0.25) is 0 Å². The minimum absolute atomic E-state index is 0.0233. The summed E-state index contributed by atoms with van der Waals surface area (Å²) in [5.41, 5.74) is 0. The van der Waals surface area contributed by atoms with Gasteiger partial charge in [-0.15, -0.1) is 11.3 Å². The van der Waals surface area contributed by atoms with E-state index < -0.39 is 12.1 Å². The summed E-state index contributed by atoms with van der Waals surface area (Å²) in [5.74, 6) is -0.759. The van der Waals surface area contributed by atoms with Gasteiger partial charge < -0.3 is 5.32 Å². The molecule has 2 rings (SSSR count). The Bertz CT molecular complexity index is 400. The fourth-order valence-electron chi connectivity index (χ4n) is 2.96. The van der Waals surface area contributed by atoms with Crippen LogP contribution in [0.5, 0.6) is 0 Å². The average molecular weight is 305 g/mol. The molecule has 20 heavy (non-hydrogen) atoms. The van der Waals surface area contributed by atoms with Gasteiger partial charge in [-0.1, -0.05) is 26.3 Å². The van der Waals surface area contributed by atoms with Crippen LogP contribution in [-0.4, -0.2) is 12.2 Å². The Kier molecular flexibility index (Phi) is 5.13. The zero-order chi connectivity index (χ0) is 14.8. The van der Waals surface area contributed by atoms with Crippen molar-refractivity contribution in [1.29, 1.82) is 0 Å². The minimum atomic E-state index is -4.05. The van der Waals surface area contributed by atoms with Crippen molar-refractivity contribution >= 4 is 11.3 Å². The van der Waals surface area contributed by atoms with E-state index in [2.05, 4.69) is 25.2 Å². The molecule has 3 atom stereocenters. The molecule has 3 unspecified atom stereocenters. The molecule has 1 nitrogen and oxygen atoms in total. The van der Waals surface area contributed by atoms with E-state index in [-0.39, 0.29) is 24.9 Å². The Morgan fingerprint density at radius 3 is 2.60 bits per heavy atom. The van der Waals surface area contributed by atoms with Crippen LogP contribution in [0, 0.1) is 11.8 Å². The Balaban J connectivity index is 2.00. The molecule has 1 N–H and O–H groups in total. The van der Waals surface area contributed by atoms with Gasteiger partial charge in [0, 0.05) is 17.0 Å². The molecule has 1 aliphatic rings. The number of rotatable bonds is 4. The number of hydrogen-bond donors (Lipinski definition) is 1. The van der Waals surface area contributed by atoms with E-state index in [1.807, 2.05) is 11.4 Å². The lowest BCUT2D eigenvalue weighted by Crippen LogP contribution is -2.41. The highest BCUT2D eigenvalue weighted by atomic mass is 32.1. The summed E-state index contributed by atoms with van der Waals surface area (Å²) in [6, 6.07) is 4.19. The third-order valence-corrected chi connectivity index (χ3v) is 5.02. The molecule has 1 aromatic rings. The molecule has 1 heterocycles. The fourth-order valence-corrected chi connectivity index (χ4v) is 3.92. The van der Waals surface area contributed by atoms with Crippen LogP contribution in [0.4, 0.5) is 13.2 Å². The molecule has 1 fully saturated rings. The number of nitrogens with one attached hydrogen (secondary N) is 1. The summed E-state index contributed by atoms with van der Waals surface area (Å²) >= 11 is 1.67. The second kappa shape index (κ2) is 6.48. The SMILES string of the molecule is CC(C)C(NC1CCCC(C(F)(F)F)C1)c1cccs1. The predicted molar refractivity (Wildman–Crippen MR) is 76.8 cm³/mol. The van der Waals surface area contributed by atoms with Gasteiger partial charge in [-0.3, -0.25) is 0 Å². The maximum absolute atomic E-state index is 12.9.